The van der Waals surface area contributed by atoms with Crippen molar-refractivity contribution in [3.8, 4) is 0 Å². The van der Waals surface area contributed by atoms with Crippen LogP contribution in [0.25, 0.3) is 0 Å². The van der Waals surface area contributed by atoms with Gasteiger partial charge in [-0.05, 0) is 25.2 Å². The first-order chi connectivity index (χ1) is 7.30. The van der Waals surface area contributed by atoms with E-state index in [1.54, 1.807) is 0 Å². The molecule has 0 aromatic carbocycles. The summed E-state index contributed by atoms with van der Waals surface area (Å²) < 4.78 is 5.43. The van der Waals surface area contributed by atoms with E-state index in [0.29, 0.717) is 0 Å². The highest BCUT2D eigenvalue weighted by Gasteiger charge is 2.30. The van der Waals surface area contributed by atoms with E-state index < -0.39 is 6.04 Å². The lowest BCUT2D eigenvalue weighted by molar-refractivity contribution is -0.126. The first kappa shape index (κ1) is 13.5. The van der Waals surface area contributed by atoms with Crippen LogP contribution in [0.3, 0.4) is 0 Å². The average Bonchev–Trinajstić information content (AvgIpc) is 2.15. The summed E-state index contributed by atoms with van der Waals surface area (Å²) in [7, 11) is 0. The van der Waals surface area contributed by atoms with Gasteiger partial charge in [-0.1, -0.05) is 20.8 Å². The van der Waals surface area contributed by atoms with E-state index in [1.807, 2.05) is 27.7 Å². The van der Waals surface area contributed by atoms with Crippen molar-refractivity contribution < 1.29 is 9.53 Å². The van der Waals surface area contributed by atoms with Crippen LogP contribution in [0.1, 0.15) is 40.5 Å². The molecule has 3 unspecified atom stereocenters. The van der Waals surface area contributed by atoms with Gasteiger partial charge in [0, 0.05) is 12.6 Å². The molecule has 0 saturated carbocycles. The summed E-state index contributed by atoms with van der Waals surface area (Å²) >= 11 is 0. The molecule has 3 atom stereocenters. The van der Waals surface area contributed by atoms with E-state index in [9.17, 15) is 4.79 Å². The van der Waals surface area contributed by atoms with E-state index in [0.717, 1.165) is 19.4 Å². The van der Waals surface area contributed by atoms with Gasteiger partial charge in [0.2, 0.25) is 5.91 Å². The highest BCUT2D eigenvalue weighted by molar-refractivity contribution is 5.82. The van der Waals surface area contributed by atoms with Crippen LogP contribution >= 0.6 is 0 Å². The quantitative estimate of drug-likeness (QED) is 0.742. The zero-order valence-electron chi connectivity index (χ0n) is 10.7. The van der Waals surface area contributed by atoms with Gasteiger partial charge in [0.05, 0.1) is 12.1 Å². The molecule has 1 heterocycles. The van der Waals surface area contributed by atoms with Gasteiger partial charge in [-0.3, -0.25) is 4.79 Å². The zero-order chi connectivity index (χ0) is 12.3. The summed E-state index contributed by atoms with van der Waals surface area (Å²) in [6.45, 7) is 8.68. The molecule has 1 fully saturated rings. The minimum absolute atomic E-state index is 0.0494. The lowest BCUT2D eigenvalue weighted by Crippen LogP contribution is -2.52. The molecular formula is C12H24N2O2. The van der Waals surface area contributed by atoms with Crippen LogP contribution in [0.15, 0.2) is 0 Å². The first-order valence-corrected chi connectivity index (χ1v) is 5.98. The third-order valence-corrected chi connectivity index (χ3v) is 3.05. The van der Waals surface area contributed by atoms with Gasteiger partial charge in [-0.2, -0.15) is 0 Å². The standard InChI is InChI=1S/C12H24N2O2/c1-8-7-9(5-6-16-8)14-11(15)10(13)12(2,3)4/h8-10H,5-7,13H2,1-4H3,(H,14,15). The second kappa shape index (κ2) is 5.15. The molecule has 0 aromatic heterocycles. The van der Waals surface area contributed by atoms with Crippen molar-refractivity contribution in [1.29, 1.82) is 0 Å². The van der Waals surface area contributed by atoms with E-state index in [1.165, 1.54) is 0 Å². The van der Waals surface area contributed by atoms with Crippen molar-refractivity contribution in [2.75, 3.05) is 6.61 Å². The first-order valence-electron chi connectivity index (χ1n) is 5.98. The highest BCUT2D eigenvalue weighted by atomic mass is 16.5. The van der Waals surface area contributed by atoms with Gasteiger partial charge >= 0.3 is 0 Å². The highest BCUT2D eigenvalue weighted by Crippen LogP contribution is 2.19. The lowest BCUT2D eigenvalue weighted by Gasteiger charge is -2.31. The summed E-state index contributed by atoms with van der Waals surface area (Å²) in [5.41, 5.74) is 5.71. The SMILES string of the molecule is CC1CC(NC(=O)C(N)C(C)(C)C)CCO1. The third kappa shape index (κ3) is 3.76. The molecule has 4 nitrogen and oxygen atoms in total. The number of hydrogen-bond acceptors (Lipinski definition) is 3. The van der Waals surface area contributed by atoms with Gasteiger partial charge in [0.25, 0.3) is 0 Å². The number of carbonyl (C=O) groups is 1. The molecule has 1 aliphatic heterocycles. The van der Waals surface area contributed by atoms with Crippen LogP contribution in [0.2, 0.25) is 0 Å². The lowest BCUT2D eigenvalue weighted by atomic mass is 9.86. The Morgan fingerprint density at radius 3 is 2.62 bits per heavy atom. The van der Waals surface area contributed by atoms with Crippen molar-refractivity contribution >= 4 is 5.91 Å². The zero-order valence-corrected chi connectivity index (χ0v) is 10.7. The summed E-state index contributed by atoms with van der Waals surface area (Å²) in [5, 5.41) is 3.01. The fraction of sp³-hybridized carbons (Fsp3) is 0.917. The van der Waals surface area contributed by atoms with Crippen LogP contribution in [0.5, 0.6) is 0 Å². The Kier molecular flexibility index (Phi) is 4.33. The molecule has 1 amide bonds. The number of nitrogens with one attached hydrogen (secondary N) is 1. The molecular weight excluding hydrogens is 204 g/mol. The monoisotopic (exact) mass is 228 g/mol. The third-order valence-electron chi connectivity index (χ3n) is 3.05. The van der Waals surface area contributed by atoms with Crippen molar-refractivity contribution in [2.45, 2.75) is 58.7 Å². The summed E-state index contributed by atoms with van der Waals surface area (Å²) in [5.74, 6) is -0.0494. The number of ether oxygens (including phenoxy) is 1. The molecule has 1 rings (SSSR count). The van der Waals surface area contributed by atoms with Crippen molar-refractivity contribution in [3.05, 3.63) is 0 Å². The fourth-order valence-corrected chi connectivity index (χ4v) is 1.81. The molecule has 16 heavy (non-hydrogen) atoms. The van der Waals surface area contributed by atoms with Crippen LogP contribution in [-0.4, -0.2) is 30.7 Å². The van der Waals surface area contributed by atoms with E-state index in [2.05, 4.69) is 5.32 Å². The van der Waals surface area contributed by atoms with Gasteiger partial charge in [0.15, 0.2) is 0 Å². The minimum Gasteiger partial charge on any atom is -0.378 e. The summed E-state index contributed by atoms with van der Waals surface area (Å²) in [4.78, 5) is 11.9. The van der Waals surface area contributed by atoms with Gasteiger partial charge < -0.3 is 15.8 Å². The van der Waals surface area contributed by atoms with Crippen LogP contribution in [0, 0.1) is 5.41 Å². The maximum absolute atomic E-state index is 11.9. The van der Waals surface area contributed by atoms with E-state index >= 15 is 0 Å². The maximum atomic E-state index is 11.9. The average molecular weight is 228 g/mol. The predicted molar refractivity (Wildman–Crippen MR) is 64.0 cm³/mol. The van der Waals surface area contributed by atoms with Gasteiger partial charge in [-0.25, -0.2) is 0 Å². The van der Waals surface area contributed by atoms with E-state index in [-0.39, 0.29) is 23.5 Å². The molecule has 4 heteroatoms. The number of carbonyl (C=O) groups excluding carboxylic acids is 1. The molecule has 0 bridgehead atoms. The van der Waals surface area contributed by atoms with E-state index in [4.69, 9.17) is 10.5 Å². The van der Waals surface area contributed by atoms with Crippen molar-refractivity contribution in [2.24, 2.45) is 11.1 Å². The molecule has 3 N–H and O–H groups in total. The Labute approximate surface area is 97.9 Å². The summed E-state index contributed by atoms with van der Waals surface area (Å²) in [6.07, 6.45) is 1.99. The molecule has 0 radical (unpaired) electrons. The molecule has 0 aromatic rings. The molecule has 1 saturated heterocycles. The number of rotatable bonds is 2. The van der Waals surface area contributed by atoms with Crippen molar-refractivity contribution in [1.82, 2.24) is 5.32 Å². The van der Waals surface area contributed by atoms with Crippen LogP contribution in [0.4, 0.5) is 0 Å². The topological polar surface area (TPSA) is 64.4 Å². The molecule has 1 aliphatic rings. The number of nitrogens with two attached hydrogens (primary N) is 1. The molecule has 0 spiro atoms. The minimum atomic E-state index is -0.453. The van der Waals surface area contributed by atoms with Crippen molar-refractivity contribution in [3.63, 3.8) is 0 Å². The maximum Gasteiger partial charge on any atom is 0.237 e. The summed E-state index contributed by atoms with van der Waals surface area (Å²) in [6, 6.07) is -0.240. The Morgan fingerprint density at radius 2 is 2.12 bits per heavy atom. The number of hydrogen-bond donors (Lipinski definition) is 2. The van der Waals surface area contributed by atoms with Gasteiger partial charge in [-0.15, -0.1) is 0 Å². The smallest absolute Gasteiger partial charge is 0.237 e. The van der Waals surface area contributed by atoms with Gasteiger partial charge in [0.1, 0.15) is 0 Å². The molecule has 0 aliphatic carbocycles. The fourth-order valence-electron chi connectivity index (χ4n) is 1.81. The normalized spacial score (nSPS) is 28.6. The van der Waals surface area contributed by atoms with Crippen LogP contribution < -0.4 is 11.1 Å². The second-order valence-electron chi connectivity index (χ2n) is 5.75. The van der Waals surface area contributed by atoms with Crippen LogP contribution in [-0.2, 0) is 9.53 Å². The molecule has 94 valence electrons. The Hall–Kier alpha value is -0.610. The Morgan fingerprint density at radius 1 is 1.50 bits per heavy atom. The second-order valence-corrected chi connectivity index (χ2v) is 5.75. The largest absolute Gasteiger partial charge is 0.378 e. The Balaban J connectivity index is 2.45. The Bertz CT molecular complexity index is 248. The predicted octanol–water partition coefficient (Wildman–Crippen LogP) is 1.04. The number of amides is 1.